The Labute approximate surface area is 190 Å². The van der Waals surface area contributed by atoms with Crippen molar-refractivity contribution in [1.82, 2.24) is 29.5 Å². The largest absolute Gasteiger partial charge is 0.493 e. The van der Waals surface area contributed by atoms with Crippen LogP contribution in [0.15, 0.2) is 51.4 Å². The lowest BCUT2D eigenvalue weighted by molar-refractivity contribution is 0.324. The van der Waals surface area contributed by atoms with E-state index in [1.807, 2.05) is 17.5 Å². The summed E-state index contributed by atoms with van der Waals surface area (Å²) in [7, 11) is 4.58. The fourth-order valence-corrected chi connectivity index (χ4v) is 4.05. The van der Waals surface area contributed by atoms with Crippen LogP contribution in [0.25, 0.3) is 27.5 Å². The first-order valence-electron chi connectivity index (χ1n) is 9.73. The molecule has 11 nitrogen and oxygen atoms in total. The summed E-state index contributed by atoms with van der Waals surface area (Å²) >= 11 is 1.55. The molecule has 0 unspecified atom stereocenters. The van der Waals surface area contributed by atoms with Gasteiger partial charge in [-0.15, -0.1) is 11.3 Å². The second kappa shape index (κ2) is 8.39. The van der Waals surface area contributed by atoms with Gasteiger partial charge >= 0.3 is 0 Å². The van der Waals surface area contributed by atoms with Gasteiger partial charge in [0.15, 0.2) is 11.5 Å². The standard InChI is InChI=1S/C21H18N6O5S/c1-29-15-7-12(8-16(30-2)19(15)31-3)20-23-18(32-25-20)10-26-21(28)14-9-13(17-5-4-6-33-17)24-27(14)11-22-26/h4-9,11H,10H2,1-3H3. The van der Waals surface area contributed by atoms with Gasteiger partial charge in [-0.2, -0.15) is 15.2 Å². The van der Waals surface area contributed by atoms with Crippen LogP contribution in [-0.4, -0.2) is 50.9 Å². The Morgan fingerprint density at radius 3 is 2.55 bits per heavy atom. The molecule has 168 valence electrons. The zero-order valence-electron chi connectivity index (χ0n) is 17.9. The summed E-state index contributed by atoms with van der Waals surface area (Å²) in [4.78, 5) is 18.3. The summed E-state index contributed by atoms with van der Waals surface area (Å²) in [6.07, 6.45) is 1.48. The van der Waals surface area contributed by atoms with E-state index >= 15 is 0 Å². The average molecular weight is 466 g/mol. The molecule has 1 aromatic carbocycles. The number of benzene rings is 1. The van der Waals surface area contributed by atoms with Crippen LogP contribution >= 0.6 is 11.3 Å². The van der Waals surface area contributed by atoms with Crippen molar-refractivity contribution in [3.05, 3.63) is 58.3 Å². The van der Waals surface area contributed by atoms with Crippen LogP contribution < -0.4 is 19.8 Å². The molecule has 4 heterocycles. The quantitative estimate of drug-likeness (QED) is 0.357. The predicted molar refractivity (Wildman–Crippen MR) is 119 cm³/mol. The monoisotopic (exact) mass is 466 g/mol. The van der Waals surface area contributed by atoms with Gasteiger partial charge in [0.25, 0.3) is 5.56 Å². The molecular formula is C21H18N6O5S. The molecule has 5 aromatic rings. The van der Waals surface area contributed by atoms with Gasteiger partial charge in [0.1, 0.15) is 24.1 Å². The highest BCUT2D eigenvalue weighted by Gasteiger charge is 2.18. The molecule has 0 N–H and O–H groups in total. The number of methoxy groups -OCH3 is 3. The number of hydrogen-bond donors (Lipinski definition) is 0. The van der Waals surface area contributed by atoms with Crippen molar-refractivity contribution in [3.8, 4) is 39.2 Å². The van der Waals surface area contributed by atoms with Gasteiger partial charge in [-0.05, 0) is 29.6 Å². The topological polar surface area (TPSA) is 119 Å². The molecule has 0 radical (unpaired) electrons. The summed E-state index contributed by atoms with van der Waals surface area (Å²) in [5, 5.41) is 14.6. The maximum atomic E-state index is 12.9. The van der Waals surface area contributed by atoms with Crippen LogP contribution in [0.3, 0.4) is 0 Å². The van der Waals surface area contributed by atoms with E-state index in [1.165, 1.54) is 36.9 Å². The molecule has 0 fully saturated rings. The number of rotatable bonds is 7. The minimum atomic E-state index is -0.319. The van der Waals surface area contributed by atoms with Crippen molar-refractivity contribution in [3.63, 3.8) is 0 Å². The van der Waals surface area contributed by atoms with Crippen LogP contribution in [0.5, 0.6) is 17.2 Å². The normalized spacial score (nSPS) is 11.1. The molecule has 0 saturated heterocycles. The number of nitrogens with zero attached hydrogens (tertiary/aromatic N) is 6. The summed E-state index contributed by atoms with van der Waals surface area (Å²) in [5.41, 5.74) is 1.40. The highest BCUT2D eigenvalue weighted by atomic mass is 32.1. The van der Waals surface area contributed by atoms with Gasteiger partial charge in [-0.1, -0.05) is 11.2 Å². The number of ether oxygens (including phenoxy) is 3. The lowest BCUT2D eigenvalue weighted by Gasteiger charge is -2.12. The van der Waals surface area contributed by atoms with E-state index in [-0.39, 0.29) is 18.0 Å². The van der Waals surface area contributed by atoms with Crippen LogP contribution in [0.4, 0.5) is 0 Å². The van der Waals surface area contributed by atoms with Gasteiger partial charge < -0.3 is 18.7 Å². The summed E-state index contributed by atoms with van der Waals surface area (Å²) in [6.45, 7) is 0.00622. The van der Waals surface area contributed by atoms with E-state index in [0.29, 0.717) is 39.8 Å². The zero-order chi connectivity index (χ0) is 22.9. The third-order valence-electron chi connectivity index (χ3n) is 4.94. The van der Waals surface area contributed by atoms with Crippen LogP contribution in [0.2, 0.25) is 0 Å². The van der Waals surface area contributed by atoms with Crippen LogP contribution in [0.1, 0.15) is 5.89 Å². The second-order valence-corrected chi connectivity index (χ2v) is 7.80. The van der Waals surface area contributed by atoms with Gasteiger partial charge in [-0.3, -0.25) is 4.79 Å². The summed E-state index contributed by atoms with van der Waals surface area (Å²) < 4.78 is 24.2. The first-order valence-corrected chi connectivity index (χ1v) is 10.6. The van der Waals surface area contributed by atoms with Gasteiger partial charge in [-0.25, -0.2) is 9.20 Å². The van der Waals surface area contributed by atoms with E-state index in [4.69, 9.17) is 18.7 Å². The highest BCUT2D eigenvalue weighted by molar-refractivity contribution is 7.13. The minimum Gasteiger partial charge on any atom is -0.493 e. The Balaban J connectivity index is 1.46. The number of aromatic nitrogens is 6. The molecule has 0 saturated carbocycles. The smallest absolute Gasteiger partial charge is 0.293 e. The fourth-order valence-electron chi connectivity index (χ4n) is 3.37. The average Bonchev–Trinajstić information content (AvgIpc) is 3.60. The molecular weight excluding hydrogens is 448 g/mol. The first-order chi connectivity index (χ1) is 16.1. The van der Waals surface area contributed by atoms with E-state index in [9.17, 15) is 4.79 Å². The zero-order valence-corrected chi connectivity index (χ0v) is 18.7. The molecule has 0 spiro atoms. The molecule has 0 atom stereocenters. The third-order valence-corrected chi connectivity index (χ3v) is 5.83. The predicted octanol–water partition coefficient (Wildman–Crippen LogP) is 2.74. The Kier molecular flexibility index (Phi) is 5.26. The molecule has 33 heavy (non-hydrogen) atoms. The number of hydrogen-bond acceptors (Lipinski definition) is 10. The SMILES string of the molecule is COc1cc(-c2noc(Cn3ncn4nc(-c5cccs5)cc4c3=O)n2)cc(OC)c1OC. The van der Waals surface area contributed by atoms with Gasteiger partial charge in [0.2, 0.25) is 17.5 Å². The maximum absolute atomic E-state index is 12.9. The highest BCUT2D eigenvalue weighted by Crippen LogP contribution is 2.40. The van der Waals surface area contributed by atoms with Crippen molar-refractivity contribution in [2.45, 2.75) is 6.54 Å². The number of thiophene rings is 1. The van der Waals surface area contributed by atoms with Crippen LogP contribution in [-0.2, 0) is 6.54 Å². The summed E-state index contributed by atoms with van der Waals surface area (Å²) in [6, 6.07) is 9.04. The second-order valence-electron chi connectivity index (χ2n) is 6.86. The molecule has 4 aromatic heterocycles. The molecule has 0 bridgehead atoms. The van der Waals surface area contributed by atoms with E-state index in [0.717, 1.165) is 4.88 Å². The van der Waals surface area contributed by atoms with E-state index < -0.39 is 0 Å². The first kappa shape index (κ1) is 20.7. The summed E-state index contributed by atoms with van der Waals surface area (Å²) in [5.74, 6) is 1.91. The van der Waals surface area contributed by atoms with E-state index in [2.05, 4.69) is 20.3 Å². The molecule has 0 aliphatic heterocycles. The maximum Gasteiger partial charge on any atom is 0.293 e. The number of fused-ring (bicyclic) bond motifs is 1. The third kappa shape index (κ3) is 3.69. The van der Waals surface area contributed by atoms with Crippen molar-refractivity contribution in [1.29, 1.82) is 0 Å². The van der Waals surface area contributed by atoms with Crippen molar-refractivity contribution < 1.29 is 18.7 Å². The minimum absolute atomic E-state index is 0.00622. The molecule has 0 aliphatic carbocycles. The Hall–Kier alpha value is -4.19. The van der Waals surface area contributed by atoms with Crippen molar-refractivity contribution >= 4 is 16.9 Å². The van der Waals surface area contributed by atoms with Crippen molar-refractivity contribution in [2.24, 2.45) is 0 Å². The fraction of sp³-hybridized carbons (Fsp3) is 0.190. The molecule has 12 heteroatoms. The molecule has 0 aliphatic rings. The van der Waals surface area contributed by atoms with Crippen LogP contribution in [0, 0.1) is 0 Å². The molecule has 0 amide bonds. The Morgan fingerprint density at radius 2 is 1.88 bits per heavy atom. The van der Waals surface area contributed by atoms with Crippen molar-refractivity contribution in [2.75, 3.05) is 21.3 Å². The van der Waals surface area contributed by atoms with Gasteiger partial charge in [0, 0.05) is 5.56 Å². The Bertz CT molecular complexity index is 1460. The molecule has 5 rings (SSSR count). The Morgan fingerprint density at radius 1 is 1.09 bits per heavy atom. The van der Waals surface area contributed by atoms with Gasteiger partial charge in [0.05, 0.1) is 26.2 Å². The lowest BCUT2D eigenvalue weighted by atomic mass is 10.1. The van der Waals surface area contributed by atoms with E-state index in [1.54, 1.807) is 29.5 Å². The lowest BCUT2D eigenvalue weighted by Crippen LogP contribution is -2.25.